The first kappa shape index (κ1) is 8.94. The minimum absolute atomic E-state index is 0.899. The molecule has 0 radical (unpaired) electrons. The molecule has 0 saturated carbocycles. The third kappa shape index (κ3) is 1.53. The molecule has 0 N–H and O–H groups in total. The highest BCUT2D eigenvalue weighted by atomic mass is 15.3. The number of rotatable bonds is 2. The van der Waals surface area contributed by atoms with Gasteiger partial charge >= 0.3 is 0 Å². The van der Waals surface area contributed by atoms with Gasteiger partial charge in [-0.15, -0.1) is 10.2 Å². The van der Waals surface area contributed by atoms with Crippen molar-refractivity contribution in [1.29, 1.82) is 0 Å². The van der Waals surface area contributed by atoms with Crippen LogP contribution in [0.2, 0.25) is 0 Å². The van der Waals surface area contributed by atoms with Crippen molar-refractivity contribution in [1.82, 2.24) is 14.8 Å². The molecule has 0 fully saturated rings. The topological polar surface area (TPSA) is 30.7 Å². The Morgan fingerprint density at radius 2 is 1.93 bits per heavy atom. The van der Waals surface area contributed by atoms with Gasteiger partial charge in [0, 0.05) is 12.1 Å². The van der Waals surface area contributed by atoms with Gasteiger partial charge < -0.3 is 4.57 Å². The highest BCUT2D eigenvalue weighted by Gasteiger charge is 2.04. The van der Waals surface area contributed by atoms with E-state index < -0.39 is 0 Å². The third-order valence-electron chi connectivity index (χ3n) is 2.27. The fourth-order valence-corrected chi connectivity index (χ4v) is 1.41. The van der Waals surface area contributed by atoms with E-state index in [1.54, 1.807) is 6.33 Å². The van der Waals surface area contributed by atoms with Gasteiger partial charge in [-0.1, -0.05) is 29.8 Å². The number of nitrogens with zero attached hydrogens (tertiary/aromatic N) is 3. The molecule has 2 aromatic rings. The first-order valence-electron chi connectivity index (χ1n) is 4.76. The Kier molecular flexibility index (Phi) is 2.31. The predicted molar refractivity (Wildman–Crippen MR) is 55.9 cm³/mol. The predicted octanol–water partition coefficient (Wildman–Crippen LogP) is 2.27. The van der Waals surface area contributed by atoms with E-state index in [9.17, 15) is 0 Å². The van der Waals surface area contributed by atoms with Gasteiger partial charge in [-0.25, -0.2) is 0 Å². The summed E-state index contributed by atoms with van der Waals surface area (Å²) in [6, 6.07) is 8.32. The van der Waals surface area contributed by atoms with E-state index >= 15 is 0 Å². The average molecular weight is 187 g/mol. The zero-order valence-electron chi connectivity index (χ0n) is 8.44. The molecule has 2 rings (SSSR count). The summed E-state index contributed by atoms with van der Waals surface area (Å²) in [6.07, 6.45) is 1.76. The summed E-state index contributed by atoms with van der Waals surface area (Å²) in [6.45, 7) is 5.06. The normalized spacial score (nSPS) is 10.4. The molecule has 0 spiro atoms. The van der Waals surface area contributed by atoms with Crippen molar-refractivity contribution < 1.29 is 0 Å². The molecule has 0 unspecified atom stereocenters. The highest BCUT2D eigenvalue weighted by Crippen LogP contribution is 2.16. The molecule has 1 heterocycles. The number of benzene rings is 1. The molecule has 1 aromatic heterocycles. The summed E-state index contributed by atoms with van der Waals surface area (Å²) >= 11 is 0. The number of aryl methyl sites for hydroxylation is 2. The molecule has 0 aliphatic heterocycles. The van der Waals surface area contributed by atoms with Crippen LogP contribution in [0, 0.1) is 6.92 Å². The zero-order valence-corrected chi connectivity index (χ0v) is 8.44. The first-order valence-corrected chi connectivity index (χ1v) is 4.76. The van der Waals surface area contributed by atoms with E-state index in [0.717, 1.165) is 17.9 Å². The lowest BCUT2D eigenvalue weighted by molar-refractivity contribution is 0.767. The van der Waals surface area contributed by atoms with Gasteiger partial charge in [0.1, 0.15) is 6.33 Å². The molecule has 3 nitrogen and oxygen atoms in total. The van der Waals surface area contributed by atoms with Crippen molar-refractivity contribution in [2.75, 3.05) is 0 Å². The van der Waals surface area contributed by atoms with Gasteiger partial charge in [-0.2, -0.15) is 0 Å². The molecule has 0 aliphatic rings. The molecule has 0 atom stereocenters. The van der Waals surface area contributed by atoms with Crippen LogP contribution in [-0.2, 0) is 6.54 Å². The molecule has 0 aliphatic carbocycles. The molecular weight excluding hydrogens is 174 g/mol. The number of hydrogen-bond donors (Lipinski definition) is 0. The lowest BCUT2D eigenvalue weighted by atomic mass is 10.1. The first-order chi connectivity index (χ1) is 6.81. The Labute approximate surface area is 83.4 Å². The van der Waals surface area contributed by atoms with E-state index in [-0.39, 0.29) is 0 Å². The quantitative estimate of drug-likeness (QED) is 0.722. The average Bonchev–Trinajstić information content (AvgIpc) is 2.67. The minimum Gasteiger partial charge on any atom is -0.314 e. The van der Waals surface area contributed by atoms with Crippen molar-refractivity contribution in [3.05, 3.63) is 36.2 Å². The van der Waals surface area contributed by atoms with Crippen LogP contribution in [0.15, 0.2) is 30.6 Å². The second-order valence-corrected chi connectivity index (χ2v) is 3.31. The fraction of sp³-hybridized carbons (Fsp3) is 0.273. The summed E-state index contributed by atoms with van der Waals surface area (Å²) < 4.78 is 2.03. The van der Waals surface area contributed by atoms with Gasteiger partial charge in [0.25, 0.3) is 0 Å². The van der Waals surface area contributed by atoms with Crippen LogP contribution < -0.4 is 0 Å². The second kappa shape index (κ2) is 3.62. The maximum Gasteiger partial charge on any atom is 0.163 e. The molecular formula is C11H13N3. The van der Waals surface area contributed by atoms with E-state index in [4.69, 9.17) is 0 Å². The number of aromatic nitrogens is 3. The summed E-state index contributed by atoms with van der Waals surface area (Å²) in [5.41, 5.74) is 2.38. The van der Waals surface area contributed by atoms with Crippen LogP contribution in [0.1, 0.15) is 12.5 Å². The smallest absolute Gasteiger partial charge is 0.163 e. The SMILES string of the molecule is CCn1cnnc1-c1ccc(C)cc1. The van der Waals surface area contributed by atoms with Crippen molar-refractivity contribution in [3.8, 4) is 11.4 Å². The third-order valence-corrected chi connectivity index (χ3v) is 2.27. The van der Waals surface area contributed by atoms with E-state index in [2.05, 4.69) is 48.3 Å². The summed E-state index contributed by atoms with van der Waals surface area (Å²) in [5, 5.41) is 8.00. The Balaban J connectivity index is 2.44. The van der Waals surface area contributed by atoms with Gasteiger partial charge in [0.15, 0.2) is 5.82 Å². The highest BCUT2D eigenvalue weighted by molar-refractivity contribution is 5.55. The van der Waals surface area contributed by atoms with Crippen molar-refractivity contribution in [2.24, 2.45) is 0 Å². The molecule has 0 bridgehead atoms. The maximum atomic E-state index is 4.10. The summed E-state index contributed by atoms with van der Waals surface area (Å²) in [4.78, 5) is 0. The van der Waals surface area contributed by atoms with Gasteiger partial charge in [0.2, 0.25) is 0 Å². The van der Waals surface area contributed by atoms with Crippen LogP contribution in [0.3, 0.4) is 0 Å². The van der Waals surface area contributed by atoms with E-state index in [1.165, 1.54) is 5.56 Å². The molecule has 14 heavy (non-hydrogen) atoms. The van der Waals surface area contributed by atoms with Crippen molar-refractivity contribution >= 4 is 0 Å². The lowest BCUT2D eigenvalue weighted by Gasteiger charge is -2.02. The monoisotopic (exact) mass is 187 g/mol. The van der Waals surface area contributed by atoms with Gasteiger partial charge in [-0.3, -0.25) is 0 Å². The van der Waals surface area contributed by atoms with Crippen LogP contribution in [0.5, 0.6) is 0 Å². The lowest BCUT2D eigenvalue weighted by Crippen LogP contribution is -1.95. The zero-order chi connectivity index (χ0) is 9.97. The molecule has 0 amide bonds. The van der Waals surface area contributed by atoms with Crippen molar-refractivity contribution in [2.45, 2.75) is 20.4 Å². The molecule has 3 heteroatoms. The fourth-order valence-electron chi connectivity index (χ4n) is 1.41. The van der Waals surface area contributed by atoms with E-state index in [1.807, 2.05) is 4.57 Å². The standard InChI is InChI=1S/C11H13N3/c1-3-14-8-12-13-11(14)10-6-4-9(2)5-7-10/h4-8H,3H2,1-2H3. The Bertz CT molecular complexity index is 414. The Hall–Kier alpha value is -1.64. The largest absolute Gasteiger partial charge is 0.314 e. The Morgan fingerprint density at radius 3 is 2.57 bits per heavy atom. The van der Waals surface area contributed by atoms with Crippen LogP contribution in [0.4, 0.5) is 0 Å². The van der Waals surface area contributed by atoms with Crippen molar-refractivity contribution in [3.63, 3.8) is 0 Å². The number of hydrogen-bond acceptors (Lipinski definition) is 2. The Morgan fingerprint density at radius 1 is 1.21 bits per heavy atom. The summed E-state index contributed by atoms with van der Waals surface area (Å²) in [5.74, 6) is 0.938. The van der Waals surface area contributed by atoms with Crippen LogP contribution in [0.25, 0.3) is 11.4 Å². The molecule has 0 saturated heterocycles. The van der Waals surface area contributed by atoms with E-state index in [0.29, 0.717) is 0 Å². The summed E-state index contributed by atoms with van der Waals surface area (Å²) in [7, 11) is 0. The minimum atomic E-state index is 0.899. The molecule has 1 aromatic carbocycles. The van der Waals surface area contributed by atoms with Crippen LogP contribution >= 0.6 is 0 Å². The molecule has 72 valence electrons. The maximum absolute atomic E-state index is 4.10. The van der Waals surface area contributed by atoms with Gasteiger partial charge in [-0.05, 0) is 13.8 Å². The van der Waals surface area contributed by atoms with Gasteiger partial charge in [0.05, 0.1) is 0 Å². The second-order valence-electron chi connectivity index (χ2n) is 3.31. The van der Waals surface area contributed by atoms with Crippen LogP contribution in [-0.4, -0.2) is 14.8 Å².